The highest BCUT2D eigenvalue weighted by atomic mass is 35.5. The van der Waals surface area contributed by atoms with E-state index in [2.05, 4.69) is 63.3 Å². The minimum atomic E-state index is 0. The Morgan fingerprint density at radius 2 is 1.71 bits per heavy atom. The molecule has 0 atom stereocenters. The van der Waals surface area contributed by atoms with Gasteiger partial charge in [-0.05, 0) is 75.4 Å². The molecular formula is C28H40ClN5. The fraction of sp³-hybridized carbons (Fsp3) is 0.429. The summed E-state index contributed by atoms with van der Waals surface area (Å²) in [6.07, 6.45) is 11.1. The van der Waals surface area contributed by atoms with Crippen molar-refractivity contribution in [2.24, 2.45) is 12.8 Å². The Hall–Kier alpha value is -2.47. The van der Waals surface area contributed by atoms with Gasteiger partial charge in [-0.2, -0.15) is 0 Å². The Morgan fingerprint density at radius 3 is 2.50 bits per heavy atom. The van der Waals surface area contributed by atoms with E-state index < -0.39 is 0 Å². The highest BCUT2D eigenvalue weighted by molar-refractivity contribution is 6.08. The third-order valence-corrected chi connectivity index (χ3v) is 6.09. The number of para-hydroxylation sites is 1. The molecule has 3 aromatic heterocycles. The van der Waals surface area contributed by atoms with Gasteiger partial charge in [0.05, 0.1) is 11.2 Å². The lowest BCUT2D eigenvalue weighted by Crippen LogP contribution is -2.17. The molecule has 3 N–H and O–H groups in total. The normalized spacial score (nSPS) is 12.1. The van der Waals surface area contributed by atoms with Gasteiger partial charge in [0.2, 0.25) is 0 Å². The standard InChI is InChI=1S/C17H22N4.C9H11N.C2H6.ClH/c1-21-16-7-3-2-6-13(16)14-8-11-20-15(17(14)21)12-19-10-5-4-9-18;1-2-6-9-8(4-1)5-3-7-10-9;1-2;/h2-3,6-8,11,19H,4-5,9-10,12,18H2,1H3;3,5,7H,1-2,4,6H2;1-2H3;1H. The molecule has 0 saturated heterocycles. The first-order valence-electron chi connectivity index (χ1n) is 12.4. The van der Waals surface area contributed by atoms with Gasteiger partial charge in [-0.15, -0.1) is 12.4 Å². The summed E-state index contributed by atoms with van der Waals surface area (Å²) >= 11 is 0. The van der Waals surface area contributed by atoms with Gasteiger partial charge in [0.15, 0.2) is 0 Å². The number of aryl methyl sites for hydroxylation is 3. The van der Waals surface area contributed by atoms with Crippen LogP contribution in [-0.2, 0) is 26.4 Å². The maximum absolute atomic E-state index is 5.52. The Labute approximate surface area is 210 Å². The fourth-order valence-electron chi connectivity index (χ4n) is 4.47. The highest BCUT2D eigenvalue weighted by Gasteiger charge is 2.11. The van der Waals surface area contributed by atoms with Gasteiger partial charge in [0.1, 0.15) is 0 Å². The molecule has 3 heterocycles. The van der Waals surface area contributed by atoms with Crippen molar-refractivity contribution >= 4 is 34.2 Å². The predicted octanol–water partition coefficient (Wildman–Crippen LogP) is 5.96. The number of halogens is 1. The van der Waals surface area contributed by atoms with Crippen LogP contribution in [0.5, 0.6) is 0 Å². The van der Waals surface area contributed by atoms with E-state index in [1.807, 2.05) is 32.3 Å². The zero-order valence-electron chi connectivity index (χ0n) is 20.9. The smallest absolute Gasteiger partial charge is 0.0784 e. The second kappa shape index (κ2) is 14.7. The summed E-state index contributed by atoms with van der Waals surface area (Å²) in [4.78, 5) is 8.89. The highest BCUT2D eigenvalue weighted by Crippen LogP contribution is 2.29. The molecule has 0 spiro atoms. The van der Waals surface area contributed by atoms with Crippen molar-refractivity contribution in [3.05, 3.63) is 71.8 Å². The van der Waals surface area contributed by atoms with Gasteiger partial charge >= 0.3 is 0 Å². The molecule has 1 aromatic carbocycles. The van der Waals surface area contributed by atoms with Gasteiger partial charge in [-0.25, -0.2) is 0 Å². The number of nitrogens with two attached hydrogens (primary N) is 1. The van der Waals surface area contributed by atoms with Crippen molar-refractivity contribution in [1.82, 2.24) is 19.9 Å². The molecule has 6 heteroatoms. The average Bonchev–Trinajstić information content (AvgIpc) is 3.18. The second-order valence-corrected chi connectivity index (χ2v) is 8.22. The topological polar surface area (TPSA) is 68.8 Å². The lowest BCUT2D eigenvalue weighted by Gasteiger charge is -2.12. The molecule has 5 rings (SSSR count). The largest absolute Gasteiger partial charge is 0.342 e. The number of hydrogen-bond acceptors (Lipinski definition) is 4. The van der Waals surface area contributed by atoms with Crippen molar-refractivity contribution in [3.63, 3.8) is 0 Å². The number of benzene rings is 1. The zero-order chi connectivity index (χ0) is 23.5. The molecule has 5 nitrogen and oxygen atoms in total. The number of nitrogens with zero attached hydrogens (tertiary/aromatic N) is 3. The number of unbranched alkanes of at least 4 members (excludes halogenated alkanes) is 1. The van der Waals surface area contributed by atoms with Crippen LogP contribution in [-0.4, -0.2) is 27.6 Å². The van der Waals surface area contributed by atoms with E-state index >= 15 is 0 Å². The number of nitrogens with one attached hydrogen (secondary N) is 1. The minimum Gasteiger partial charge on any atom is -0.342 e. The van der Waals surface area contributed by atoms with E-state index in [9.17, 15) is 0 Å². The van der Waals surface area contributed by atoms with Crippen molar-refractivity contribution in [2.45, 2.75) is 58.9 Å². The summed E-state index contributed by atoms with van der Waals surface area (Å²) in [5.41, 5.74) is 11.9. The first kappa shape index (κ1) is 27.8. The third kappa shape index (κ3) is 6.78. The van der Waals surface area contributed by atoms with Crippen molar-refractivity contribution < 1.29 is 0 Å². The lowest BCUT2D eigenvalue weighted by atomic mass is 9.96. The first-order valence-corrected chi connectivity index (χ1v) is 12.4. The van der Waals surface area contributed by atoms with Crippen LogP contribution in [0, 0.1) is 0 Å². The van der Waals surface area contributed by atoms with Crippen molar-refractivity contribution in [3.8, 4) is 0 Å². The number of aromatic nitrogens is 3. The average molecular weight is 482 g/mol. The van der Waals surface area contributed by atoms with E-state index in [-0.39, 0.29) is 12.4 Å². The van der Waals surface area contributed by atoms with Crippen LogP contribution in [0.2, 0.25) is 0 Å². The SMILES string of the molecule is CC.Cl.Cn1c2ccccc2c2ccnc(CNCCCCN)c21.c1cnc2c(c1)CCCC2. The Kier molecular flexibility index (Phi) is 12.0. The Bertz CT molecular complexity index is 1110. The number of hydrogen-bond donors (Lipinski definition) is 2. The number of rotatable bonds is 6. The van der Waals surface area contributed by atoms with Crippen LogP contribution in [0.1, 0.15) is 56.5 Å². The third-order valence-electron chi connectivity index (χ3n) is 6.09. The van der Waals surface area contributed by atoms with Crippen LogP contribution in [0.3, 0.4) is 0 Å². The van der Waals surface area contributed by atoms with Gasteiger partial charge in [-0.1, -0.05) is 38.1 Å². The van der Waals surface area contributed by atoms with Crippen LogP contribution in [0.4, 0.5) is 0 Å². The van der Waals surface area contributed by atoms with Crippen LogP contribution in [0.15, 0.2) is 54.9 Å². The summed E-state index contributed by atoms with van der Waals surface area (Å²) in [6.45, 7) is 6.55. The summed E-state index contributed by atoms with van der Waals surface area (Å²) in [6, 6.07) is 14.8. The van der Waals surface area contributed by atoms with Crippen molar-refractivity contribution in [1.29, 1.82) is 0 Å². The van der Waals surface area contributed by atoms with E-state index in [0.29, 0.717) is 0 Å². The number of fused-ring (bicyclic) bond motifs is 4. The lowest BCUT2D eigenvalue weighted by molar-refractivity contribution is 0.621. The Balaban J connectivity index is 0.000000264. The quantitative estimate of drug-likeness (QED) is 0.333. The fourth-order valence-corrected chi connectivity index (χ4v) is 4.47. The number of pyridine rings is 2. The molecule has 0 bridgehead atoms. The molecule has 1 aliphatic carbocycles. The summed E-state index contributed by atoms with van der Waals surface area (Å²) in [5.74, 6) is 0. The predicted molar refractivity (Wildman–Crippen MR) is 148 cm³/mol. The van der Waals surface area contributed by atoms with E-state index in [0.717, 1.165) is 38.2 Å². The molecule has 0 aliphatic heterocycles. The van der Waals surface area contributed by atoms with Gasteiger partial charge in [0.25, 0.3) is 0 Å². The zero-order valence-corrected chi connectivity index (χ0v) is 21.7. The maximum Gasteiger partial charge on any atom is 0.0784 e. The van der Waals surface area contributed by atoms with Gasteiger partial charge in [-0.3, -0.25) is 9.97 Å². The summed E-state index contributed by atoms with van der Waals surface area (Å²) < 4.78 is 2.24. The van der Waals surface area contributed by atoms with Gasteiger partial charge in [0, 0.05) is 48.0 Å². The van der Waals surface area contributed by atoms with E-state index in [1.54, 1.807) is 0 Å². The first-order chi connectivity index (χ1) is 16.3. The minimum absolute atomic E-state index is 0. The molecule has 1 aliphatic rings. The molecule has 4 aromatic rings. The Morgan fingerprint density at radius 1 is 0.912 bits per heavy atom. The summed E-state index contributed by atoms with van der Waals surface area (Å²) in [7, 11) is 2.12. The molecule has 0 amide bonds. The molecule has 0 saturated carbocycles. The van der Waals surface area contributed by atoms with Crippen LogP contribution in [0.25, 0.3) is 21.8 Å². The molecular weight excluding hydrogens is 442 g/mol. The molecule has 0 fully saturated rings. The molecule has 0 radical (unpaired) electrons. The van der Waals surface area contributed by atoms with Crippen LogP contribution >= 0.6 is 12.4 Å². The van der Waals surface area contributed by atoms with Crippen LogP contribution < -0.4 is 11.1 Å². The molecule has 184 valence electrons. The summed E-state index contributed by atoms with van der Waals surface area (Å²) in [5, 5.41) is 6.04. The maximum atomic E-state index is 5.52. The van der Waals surface area contributed by atoms with E-state index in [1.165, 1.54) is 58.7 Å². The van der Waals surface area contributed by atoms with E-state index in [4.69, 9.17) is 5.73 Å². The monoisotopic (exact) mass is 481 g/mol. The van der Waals surface area contributed by atoms with Gasteiger partial charge < -0.3 is 15.6 Å². The molecule has 0 unspecified atom stereocenters. The second-order valence-electron chi connectivity index (χ2n) is 8.22. The molecule has 34 heavy (non-hydrogen) atoms. The van der Waals surface area contributed by atoms with Crippen molar-refractivity contribution in [2.75, 3.05) is 13.1 Å².